The van der Waals surface area contributed by atoms with E-state index < -0.39 is 34.8 Å². The van der Waals surface area contributed by atoms with E-state index in [-0.39, 0.29) is 5.75 Å². The molecule has 2 aliphatic carbocycles. The van der Waals surface area contributed by atoms with Gasteiger partial charge < -0.3 is 4.74 Å². The normalized spacial score (nSPS) is 30.0. The zero-order valence-electron chi connectivity index (χ0n) is 16.0. The van der Waals surface area contributed by atoms with E-state index in [0.29, 0.717) is 24.7 Å². The maximum absolute atomic E-state index is 14.7. The molecule has 0 radical (unpaired) electrons. The first-order chi connectivity index (χ1) is 12.9. The molecular formula is C22H28F4O. The second-order valence-electron chi connectivity index (χ2n) is 8.24. The molecule has 3 rings (SSSR count). The summed E-state index contributed by atoms with van der Waals surface area (Å²) in [5.41, 5.74) is -0.672. The van der Waals surface area contributed by atoms with Crippen molar-refractivity contribution >= 4 is 5.83 Å². The predicted molar refractivity (Wildman–Crippen MR) is 98.6 cm³/mol. The van der Waals surface area contributed by atoms with Crippen molar-refractivity contribution in [3.63, 3.8) is 0 Å². The van der Waals surface area contributed by atoms with Crippen molar-refractivity contribution in [3.05, 3.63) is 35.2 Å². The third-order valence-electron chi connectivity index (χ3n) is 6.57. The average molecular weight is 384 g/mol. The first-order valence-corrected chi connectivity index (χ1v) is 9.99. The number of hydrogen-bond donors (Lipinski definition) is 0. The fraction of sp³-hybridized carbons (Fsp3) is 0.636. The topological polar surface area (TPSA) is 9.23 Å². The highest BCUT2D eigenvalue weighted by molar-refractivity contribution is 5.63. The minimum absolute atomic E-state index is 0.327. The molecule has 0 atom stereocenters. The number of rotatable bonds is 4. The van der Waals surface area contributed by atoms with Gasteiger partial charge in [-0.1, -0.05) is 19.8 Å². The molecule has 0 aromatic heterocycles. The van der Waals surface area contributed by atoms with Crippen LogP contribution in [-0.4, -0.2) is 7.11 Å². The van der Waals surface area contributed by atoms with Gasteiger partial charge >= 0.3 is 0 Å². The number of benzene rings is 1. The standard InChI is InChI=1S/C22H28F4O/c1-13-3-5-14(6-4-13)15-7-9-16(10-8-15)19(23)20(24)17-11-12-18(27-2)22(26)21(17)25/h11-16H,3-10H2,1-2H3/b20-19+. The molecule has 0 saturated heterocycles. The molecule has 0 N–H and O–H groups in total. The Hall–Kier alpha value is -1.52. The van der Waals surface area contributed by atoms with Crippen LogP contribution in [-0.2, 0) is 0 Å². The van der Waals surface area contributed by atoms with Crippen molar-refractivity contribution in [1.29, 1.82) is 0 Å². The summed E-state index contributed by atoms with van der Waals surface area (Å²) in [4.78, 5) is 0. The van der Waals surface area contributed by atoms with Gasteiger partial charge in [0.05, 0.1) is 12.7 Å². The SMILES string of the molecule is COc1ccc(/C(F)=C(\F)C2CCC(C3CCC(C)CC3)CC2)c(F)c1F. The Morgan fingerprint density at radius 3 is 1.96 bits per heavy atom. The third kappa shape index (κ3) is 4.33. The van der Waals surface area contributed by atoms with Gasteiger partial charge in [0.2, 0.25) is 5.82 Å². The van der Waals surface area contributed by atoms with Crippen molar-refractivity contribution in [2.45, 2.75) is 58.3 Å². The van der Waals surface area contributed by atoms with Crippen molar-refractivity contribution in [3.8, 4) is 5.75 Å². The van der Waals surface area contributed by atoms with Gasteiger partial charge in [-0.15, -0.1) is 0 Å². The van der Waals surface area contributed by atoms with Gasteiger partial charge in [0.1, 0.15) is 5.83 Å². The quantitative estimate of drug-likeness (QED) is 0.498. The Morgan fingerprint density at radius 2 is 1.41 bits per heavy atom. The van der Waals surface area contributed by atoms with Crippen molar-refractivity contribution in [1.82, 2.24) is 0 Å². The molecular weight excluding hydrogens is 356 g/mol. The largest absolute Gasteiger partial charge is 0.494 e. The van der Waals surface area contributed by atoms with Gasteiger partial charge in [-0.25, -0.2) is 13.2 Å². The molecule has 2 saturated carbocycles. The molecule has 2 aliphatic rings. The Labute approximate surface area is 158 Å². The molecule has 1 nitrogen and oxygen atoms in total. The van der Waals surface area contributed by atoms with E-state index in [1.54, 1.807) is 0 Å². The van der Waals surface area contributed by atoms with Gasteiger partial charge in [0, 0.05) is 5.92 Å². The molecule has 0 heterocycles. The second kappa shape index (κ2) is 8.66. The highest BCUT2D eigenvalue weighted by Crippen LogP contribution is 2.44. The molecule has 5 heteroatoms. The number of hydrogen-bond acceptors (Lipinski definition) is 1. The van der Waals surface area contributed by atoms with Gasteiger partial charge in [-0.3, -0.25) is 0 Å². The van der Waals surface area contributed by atoms with E-state index in [2.05, 4.69) is 11.7 Å². The summed E-state index contributed by atoms with van der Waals surface area (Å²) in [5.74, 6) is -3.74. The molecule has 1 aromatic rings. The summed E-state index contributed by atoms with van der Waals surface area (Å²) in [6.45, 7) is 2.29. The van der Waals surface area contributed by atoms with E-state index in [1.165, 1.54) is 32.8 Å². The van der Waals surface area contributed by atoms with Crippen LogP contribution in [0.25, 0.3) is 5.83 Å². The van der Waals surface area contributed by atoms with Crippen LogP contribution in [0, 0.1) is 35.3 Å². The number of allylic oxidation sites excluding steroid dienone is 1. The zero-order valence-corrected chi connectivity index (χ0v) is 16.0. The molecule has 0 unspecified atom stereocenters. The minimum Gasteiger partial charge on any atom is -0.494 e. The van der Waals surface area contributed by atoms with Gasteiger partial charge in [0.25, 0.3) is 0 Å². The number of methoxy groups -OCH3 is 1. The van der Waals surface area contributed by atoms with Crippen LogP contribution in [0.1, 0.15) is 63.9 Å². The lowest BCUT2D eigenvalue weighted by molar-refractivity contribution is 0.152. The number of ether oxygens (including phenoxy) is 1. The second-order valence-corrected chi connectivity index (χ2v) is 8.24. The fourth-order valence-corrected chi connectivity index (χ4v) is 4.77. The van der Waals surface area contributed by atoms with Crippen LogP contribution in [0.5, 0.6) is 5.75 Å². The summed E-state index contributed by atoms with van der Waals surface area (Å²) < 4.78 is 61.7. The summed E-state index contributed by atoms with van der Waals surface area (Å²) >= 11 is 0. The third-order valence-corrected chi connectivity index (χ3v) is 6.57. The van der Waals surface area contributed by atoms with Crippen molar-refractivity contribution < 1.29 is 22.3 Å². The molecule has 150 valence electrons. The molecule has 0 aliphatic heterocycles. The van der Waals surface area contributed by atoms with Crippen LogP contribution in [0.3, 0.4) is 0 Å². The molecule has 0 spiro atoms. The predicted octanol–water partition coefficient (Wildman–Crippen LogP) is 7.21. The lowest BCUT2D eigenvalue weighted by Crippen LogP contribution is -2.25. The van der Waals surface area contributed by atoms with E-state index in [0.717, 1.165) is 30.9 Å². The Bertz CT molecular complexity index is 684. The first kappa shape index (κ1) is 20.2. The molecule has 2 fully saturated rings. The first-order valence-electron chi connectivity index (χ1n) is 9.99. The summed E-state index contributed by atoms with van der Waals surface area (Å²) in [5, 5.41) is 0. The maximum Gasteiger partial charge on any atom is 0.201 e. The maximum atomic E-state index is 14.7. The van der Waals surface area contributed by atoms with Crippen LogP contribution < -0.4 is 4.74 Å². The minimum atomic E-state index is -1.41. The van der Waals surface area contributed by atoms with Crippen molar-refractivity contribution in [2.75, 3.05) is 7.11 Å². The van der Waals surface area contributed by atoms with Crippen LogP contribution >= 0.6 is 0 Å². The van der Waals surface area contributed by atoms with Gasteiger partial charge in [-0.2, -0.15) is 4.39 Å². The van der Waals surface area contributed by atoms with Gasteiger partial charge in [-0.05, 0) is 68.4 Å². The van der Waals surface area contributed by atoms with Crippen molar-refractivity contribution in [2.24, 2.45) is 23.7 Å². The molecule has 1 aromatic carbocycles. The Balaban J connectivity index is 1.67. The fourth-order valence-electron chi connectivity index (χ4n) is 4.77. The van der Waals surface area contributed by atoms with E-state index in [4.69, 9.17) is 0 Å². The molecule has 27 heavy (non-hydrogen) atoms. The summed E-state index contributed by atoms with van der Waals surface area (Å²) in [6.07, 6.45) is 7.88. The monoisotopic (exact) mass is 384 g/mol. The van der Waals surface area contributed by atoms with E-state index >= 15 is 0 Å². The summed E-state index contributed by atoms with van der Waals surface area (Å²) in [6, 6.07) is 2.14. The highest BCUT2D eigenvalue weighted by Gasteiger charge is 2.33. The van der Waals surface area contributed by atoms with Crippen LogP contribution in [0.2, 0.25) is 0 Å². The smallest absolute Gasteiger partial charge is 0.201 e. The average Bonchev–Trinajstić information content (AvgIpc) is 2.70. The Morgan fingerprint density at radius 1 is 0.852 bits per heavy atom. The summed E-state index contributed by atoms with van der Waals surface area (Å²) in [7, 11) is 1.19. The van der Waals surface area contributed by atoms with Crippen LogP contribution in [0.4, 0.5) is 17.6 Å². The van der Waals surface area contributed by atoms with Gasteiger partial charge in [0.15, 0.2) is 17.4 Å². The number of halogens is 4. The molecule has 0 bridgehead atoms. The Kier molecular flexibility index (Phi) is 6.48. The zero-order chi connectivity index (χ0) is 19.6. The van der Waals surface area contributed by atoms with E-state index in [1.807, 2.05) is 0 Å². The highest BCUT2D eigenvalue weighted by atomic mass is 19.2. The van der Waals surface area contributed by atoms with E-state index in [9.17, 15) is 17.6 Å². The lowest BCUT2D eigenvalue weighted by atomic mass is 9.69. The van der Waals surface area contributed by atoms with Crippen LogP contribution in [0.15, 0.2) is 18.0 Å². The lowest BCUT2D eigenvalue weighted by Gasteiger charge is -2.37. The molecule has 0 amide bonds.